The monoisotopic (exact) mass is 1410 g/mol. The molecular formula is C78H106N10O8S3. The van der Waals surface area contributed by atoms with Gasteiger partial charge in [0.25, 0.3) is 15.9 Å². The molecule has 5 atom stereocenters. The van der Waals surface area contributed by atoms with Crippen molar-refractivity contribution in [3.63, 3.8) is 0 Å². The van der Waals surface area contributed by atoms with Crippen molar-refractivity contribution in [3.8, 4) is 10.4 Å². The fraction of sp³-hybridized carbons (Fsp3) is 0.564. The molecule has 0 unspecified atom stereocenters. The fourth-order valence-corrected chi connectivity index (χ4v) is 19.0. The maximum Gasteiger partial charge on any atom is 0.264 e. The number of likely N-dealkylation sites (tertiary alicyclic amines) is 1. The molecule has 18 nitrogen and oxygen atoms in total. The summed E-state index contributed by atoms with van der Waals surface area (Å²) in [5.41, 5.74) is 11.9. The summed E-state index contributed by atoms with van der Waals surface area (Å²) in [6, 6.07) is 28.4. The number of hydrogen-bond acceptors (Lipinski definition) is 15. The lowest BCUT2D eigenvalue weighted by Gasteiger charge is -2.72. The van der Waals surface area contributed by atoms with Gasteiger partial charge in [-0.2, -0.15) is 0 Å². The number of aromatic nitrogens is 1. The zero-order valence-corrected chi connectivity index (χ0v) is 62.2. The number of benzene rings is 4. The van der Waals surface area contributed by atoms with E-state index in [0.717, 1.165) is 121 Å². The van der Waals surface area contributed by atoms with Gasteiger partial charge in [-0.15, -0.1) is 23.1 Å². The van der Waals surface area contributed by atoms with Crippen LogP contribution in [0.15, 0.2) is 124 Å². The lowest BCUT2D eigenvalue weighted by molar-refractivity contribution is -0.167. The predicted octanol–water partition coefficient (Wildman–Crippen LogP) is 12.2. The number of aryl methyl sites for hydroxylation is 2. The summed E-state index contributed by atoms with van der Waals surface area (Å²) in [6.07, 6.45) is 11.4. The summed E-state index contributed by atoms with van der Waals surface area (Å²) >= 11 is 3.34. The number of carbonyl (C=O) groups is 5. The third-order valence-electron chi connectivity index (χ3n) is 21.8. The van der Waals surface area contributed by atoms with Crippen LogP contribution in [0.3, 0.4) is 0 Å². The molecule has 4 aliphatic carbocycles. The van der Waals surface area contributed by atoms with Crippen LogP contribution in [0.1, 0.15) is 172 Å². The number of rotatable bonds is 28. The number of amides is 5. The number of aliphatic hydroxyl groups excluding tert-OH is 1. The number of piperazine rings is 2. The van der Waals surface area contributed by atoms with E-state index in [0.29, 0.717) is 48.6 Å². The molecule has 21 heteroatoms. The minimum Gasteiger partial charge on any atom is -0.391 e. The van der Waals surface area contributed by atoms with Crippen LogP contribution in [0.4, 0.5) is 11.4 Å². The summed E-state index contributed by atoms with van der Waals surface area (Å²) in [5, 5.41) is 20.5. The second-order valence-electron chi connectivity index (χ2n) is 31.5. The number of sulfonamides is 1. The van der Waals surface area contributed by atoms with E-state index in [2.05, 4.69) is 73.3 Å². The van der Waals surface area contributed by atoms with Gasteiger partial charge >= 0.3 is 0 Å². The summed E-state index contributed by atoms with van der Waals surface area (Å²) < 4.78 is 29.9. The quantitative estimate of drug-likeness (QED) is 0.0179. The van der Waals surface area contributed by atoms with Crippen LogP contribution in [0.5, 0.6) is 0 Å². The zero-order chi connectivity index (χ0) is 70.4. The molecule has 12 rings (SSSR count). The Morgan fingerprint density at radius 2 is 1.47 bits per heavy atom. The molecule has 3 saturated heterocycles. The molecule has 4 aromatic carbocycles. The second kappa shape index (κ2) is 31.3. The molecule has 3 aliphatic heterocycles. The Hall–Kier alpha value is -6.62. The summed E-state index contributed by atoms with van der Waals surface area (Å²) in [5.74, 6) is -0.783. The Morgan fingerprint density at radius 3 is 2.12 bits per heavy atom. The van der Waals surface area contributed by atoms with Crippen LogP contribution in [0.25, 0.3) is 10.4 Å². The Morgan fingerprint density at radius 1 is 0.798 bits per heavy atom. The molecule has 6 fully saturated rings. The van der Waals surface area contributed by atoms with Crippen LogP contribution in [0, 0.1) is 35.5 Å². The van der Waals surface area contributed by atoms with Gasteiger partial charge in [-0.3, -0.25) is 33.8 Å². The summed E-state index contributed by atoms with van der Waals surface area (Å²) in [7, 11) is -4.19. The Bertz CT molecular complexity index is 3800. The van der Waals surface area contributed by atoms with E-state index in [4.69, 9.17) is 0 Å². The Balaban J connectivity index is 0.589. The topological polar surface area (TPSA) is 217 Å². The number of hydrogen-bond donors (Lipinski definition) is 5. The van der Waals surface area contributed by atoms with Crippen LogP contribution in [-0.2, 0) is 29.2 Å². The first-order valence-corrected chi connectivity index (χ1v) is 39.5. The number of anilines is 2. The average Bonchev–Trinajstić information content (AvgIpc) is 0.951. The Kier molecular flexibility index (Phi) is 23.3. The molecule has 5 aromatic rings. The highest BCUT2D eigenvalue weighted by atomic mass is 32.2. The van der Waals surface area contributed by atoms with Crippen molar-refractivity contribution >= 4 is 74.0 Å². The fourth-order valence-electron chi connectivity index (χ4n) is 16.2. The van der Waals surface area contributed by atoms with Gasteiger partial charge in [-0.25, -0.2) is 18.1 Å². The Labute approximate surface area is 596 Å². The highest BCUT2D eigenvalue weighted by Crippen LogP contribution is 2.77. The van der Waals surface area contributed by atoms with Crippen molar-refractivity contribution in [1.82, 2.24) is 39.9 Å². The van der Waals surface area contributed by atoms with Crippen molar-refractivity contribution in [2.75, 3.05) is 88.0 Å². The van der Waals surface area contributed by atoms with Crippen molar-refractivity contribution in [1.29, 1.82) is 0 Å². The maximum absolute atomic E-state index is 14.3. The van der Waals surface area contributed by atoms with E-state index < -0.39 is 45.4 Å². The van der Waals surface area contributed by atoms with E-state index in [1.807, 2.05) is 107 Å². The number of β-amino-alcohol motifs (C(OH)–C–C–N with tert-alkyl or cyclic N) is 1. The minimum absolute atomic E-state index is 0.00494. The largest absolute Gasteiger partial charge is 0.391 e. The third kappa shape index (κ3) is 18.4. The molecule has 99 heavy (non-hydrogen) atoms. The highest BCUT2D eigenvalue weighted by Gasteiger charge is 2.67. The number of thioether (sulfide) groups is 1. The number of unbranched alkanes of at least 4 members (excludes halogenated alkanes) is 3. The molecule has 7 aliphatic rings. The first-order chi connectivity index (χ1) is 47.1. The first-order valence-electron chi connectivity index (χ1n) is 36.1. The van der Waals surface area contributed by atoms with Crippen LogP contribution < -0.4 is 25.6 Å². The van der Waals surface area contributed by atoms with Gasteiger partial charge in [0.05, 0.1) is 33.1 Å². The number of thiazole rings is 1. The molecule has 2 bridgehead atoms. The number of nitrogens with zero attached hydrogens (tertiary/aromatic N) is 6. The van der Waals surface area contributed by atoms with Crippen LogP contribution in [-0.4, -0.2) is 170 Å². The van der Waals surface area contributed by atoms with E-state index in [1.54, 1.807) is 64.6 Å². The van der Waals surface area contributed by atoms with Gasteiger partial charge < -0.3 is 35.8 Å². The summed E-state index contributed by atoms with van der Waals surface area (Å²) in [6.45, 7) is 27.2. The van der Waals surface area contributed by atoms with Crippen molar-refractivity contribution < 1.29 is 37.5 Å². The van der Waals surface area contributed by atoms with E-state index >= 15 is 0 Å². The van der Waals surface area contributed by atoms with E-state index in [1.165, 1.54) is 43.4 Å². The number of aliphatic hydroxyl groups is 1. The summed E-state index contributed by atoms with van der Waals surface area (Å²) in [4.78, 5) is 85.9. The molecule has 0 spiro atoms. The number of allylic oxidation sites excluding steroid dienone is 1. The van der Waals surface area contributed by atoms with Gasteiger partial charge in [0.1, 0.15) is 12.1 Å². The number of nitrogens with one attached hydrogen (secondary N) is 4. The zero-order valence-electron chi connectivity index (χ0n) is 59.8. The average molecular weight is 1410 g/mol. The SMILES string of the molecule is Cc1cc(S(=O)(=O)NC(=O)c2ccc(N3CCN(CC4=C(C56CC(C)(C5)C6)CC(C)(C)CC4)CC3)cc2)ccc1N[C@H](CCN1CCN(C(=O)CCCCCCC(=O)N[C@H](C(=O)N2C[C@H](O)C[C@H]2C(=O)N[C@@H](C)c2ccc(-c3scnc3C)cc2)C(C)(C)C)CC1)CSc1ccccc1. The maximum atomic E-state index is 14.3. The molecular weight excluding hydrogens is 1300 g/mol. The lowest BCUT2D eigenvalue weighted by atomic mass is 9.33. The van der Waals surface area contributed by atoms with Gasteiger partial charge in [0, 0.05) is 125 Å². The number of carbonyl (C=O) groups excluding carboxylic acids is 5. The van der Waals surface area contributed by atoms with Crippen LogP contribution in [0.2, 0.25) is 0 Å². The van der Waals surface area contributed by atoms with E-state index in [-0.39, 0.29) is 59.7 Å². The predicted molar refractivity (Wildman–Crippen MR) is 396 cm³/mol. The second-order valence-corrected chi connectivity index (χ2v) is 35.2. The minimum atomic E-state index is -4.19. The van der Waals surface area contributed by atoms with E-state index in [9.17, 15) is 37.5 Å². The molecule has 5 N–H and O–H groups in total. The van der Waals surface area contributed by atoms with Gasteiger partial charge in [0.15, 0.2) is 0 Å². The molecule has 534 valence electrons. The van der Waals surface area contributed by atoms with Gasteiger partial charge in [-0.05, 0) is 172 Å². The normalized spacial score (nSPS) is 22.8. The van der Waals surface area contributed by atoms with Crippen molar-refractivity contribution in [2.24, 2.45) is 21.7 Å². The lowest BCUT2D eigenvalue weighted by Crippen LogP contribution is -2.61. The molecule has 0 radical (unpaired) electrons. The van der Waals surface area contributed by atoms with Crippen LogP contribution >= 0.6 is 23.1 Å². The third-order valence-corrected chi connectivity index (χ3v) is 25.3. The highest BCUT2D eigenvalue weighted by molar-refractivity contribution is 7.99. The molecule has 3 saturated carbocycles. The molecule has 4 heterocycles. The first kappa shape index (κ1) is 73.6. The molecule has 1 aromatic heterocycles. The smallest absolute Gasteiger partial charge is 0.264 e. The van der Waals surface area contributed by atoms with Gasteiger partial charge in [0.2, 0.25) is 23.6 Å². The van der Waals surface area contributed by atoms with Gasteiger partial charge in [-0.1, -0.05) is 108 Å². The molecule has 5 amide bonds. The van der Waals surface area contributed by atoms with Crippen molar-refractivity contribution in [3.05, 3.63) is 136 Å². The standard InChI is InChI=1S/C78H106N10O8S3/c1-53-43-64(99(95,96)83-72(92)58-25-27-61(28-26-58)86-39-37-85(38-40-86)46-59-31-33-76(7,8)45-65(59)78-49-77(9,50-78)51-78)29-30-66(53)81-60(48-97-63-17-13-12-14-18-63)32-34-84-35-41-87(42-36-84)69(91)20-16-11-10-15-19-68(90)82-71(75(4,5)6)74(94)88-47-62(89)44-67(88)73(93)80-54(2)56-21-23-57(24-22-56)70-55(3)79-52-98-70/h12-14,17-18,21-30,43,52,54,60,62,67,71,81,89H,10-11,15-16,19-20,31-42,44-51H2,1-9H3,(H,80,93)(H,82,90)(H,83,92)/t54-,60+,62+,67-,71+,77?,78?/m0/s1. The van der Waals surface area contributed by atoms with Crippen molar-refractivity contribution in [2.45, 2.75) is 192 Å².